The molecule has 1 aliphatic heterocycles. The Balaban J connectivity index is 1.91. The molecule has 0 amide bonds. The minimum absolute atomic E-state index is 0.763. The minimum Gasteiger partial charge on any atom is -0.385 e. The molecule has 1 saturated heterocycles. The highest BCUT2D eigenvalue weighted by Gasteiger charge is 2.38. The number of nitrogens with one attached hydrogen (secondary N) is 1. The number of allylic oxidation sites excluding steroid dienone is 3. The monoisotopic (exact) mass is 175 g/mol. The van der Waals surface area contributed by atoms with Crippen molar-refractivity contribution in [3.63, 3.8) is 0 Å². The Morgan fingerprint density at radius 2 is 2.23 bits per heavy atom. The molecule has 1 heterocycles. The smallest absolute Gasteiger partial charge is 0.0330 e. The maximum Gasteiger partial charge on any atom is 0.0330 e. The molecule has 0 bridgehead atoms. The normalized spacial score (nSPS) is 41.8. The Morgan fingerprint density at radius 3 is 3.23 bits per heavy atom. The maximum absolute atomic E-state index is 3.70. The minimum atomic E-state index is 0.763. The molecule has 1 heteroatoms. The van der Waals surface area contributed by atoms with Crippen LogP contribution in [0.5, 0.6) is 0 Å². The van der Waals surface area contributed by atoms with Gasteiger partial charge in [-0.25, -0.2) is 0 Å². The average molecular weight is 175 g/mol. The summed E-state index contributed by atoms with van der Waals surface area (Å²) in [5.74, 6) is 1.66. The standard InChI is InChI=1S/C12H17N/c1-3-7-11-9(5-1)10-6-2-4-8-12(10)13-11/h1,5,8-11,13H,2-4,6-7H2. The summed E-state index contributed by atoms with van der Waals surface area (Å²) in [4.78, 5) is 0. The second-order valence-corrected chi connectivity index (χ2v) is 4.53. The van der Waals surface area contributed by atoms with E-state index in [2.05, 4.69) is 23.5 Å². The second-order valence-electron chi connectivity index (χ2n) is 4.53. The summed E-state index contributed by atoms with van der Waals surface area (Å²) in [7, 11) is 0. The molecule has 0 aromatic carbocycles. The number of rotatable bonds is 0. The van der Waals surface area contributed by atoms with Crippen LogP contribution in [0.4, 0.5) is 0 Å². The molecule has 0 saturated carbocycles. The van der Waals surface area contributed by atoms with Gasteiger partial charge in [0.05, 0.1) is 0 Å². The predicted octanol–water partition coefficient (Wildman–Crippen LogP) is 2.61. The van der Waals surface area contributed by atoms with Gasteiger partial charge in [0.15, 0.2) is 0 Å². The molecule has 3 unspecified atom stereocenters. The molecule has 0 spiro atoms. The number of hydrogen-bond donors (Lipinski definition) is 1. The zero-order valence-electron chi connectivity index (χ0n) is 8.00. The molecule has 13 heavy (non-hydrogen) atoms. The summed E-state index contributed by atoms with van der Waals surface area (Å²) >= 11 is 0. The summed E-state index contributed by atoms with van der Waals surface area (Å²) in [5, 5.41) is 3.70. The van der Waals surface area contributed by atoms with Gasteiger partial charge in [-0.2, -0.15) is 0 Å². The van der Waals surface area contributed by atoms with Crippen molar-refractivity contribution in [2.24, 2.45) is 11.8 Å². The Bertz CT molecular complexity index is 264. The summed E-state index contributed by atoms with van der Waals surface area (Å²) in [6.07, 6.45) is 14.0. The van der Waals surface area contributed by atoms with Gasteiger partial charge in [0, 0.05) is 23.6 Å². The molecule has 0 radical (unpaired) electrons. The zero-order valence-corrected chi connectivity index (χ0v) is 8.00. The van der Waals surface area contributed by atoms with Crippen molar-refractivity contribution in [2.45, 2.75) is 38.1 Å². The van der Waals surface area contributed by atoms with E-state index in [4.69, 9.17) is 0 Å². The molecular weight excluding hydrogens is 158 g/mol. The van der Waals surface area contributed by atoms with Crippen LogP contribution >= 0.6 is 0 Å². The number of hydrogen-bond acceptors (Lipinski definition) is 1. The van der Waals surface area contributed by atoms with Crippen molar-refractivity contribution in [1.82, 2.24) is 5.32 Å². The van der Waals surface area contributed by atoms with E-state index in [1.165, 1.54) is 32.1 Å². The molecule has 70 valence electrons. The first-order valence-electron chi connectivity index (χ1n) is 5.58. The van der Waals surface area contributed by atoms with Crippen LogP contribution in [-0.4, -0.2) is 6.04 Å². The highest BCUT2D eigenvalue weighted by atomic mass is 15.0. The topological polar surface area (TPSA) is 12.0 Å². The summed E-state index contributed by atoms with van der Waals surface area (Å²) in [6.45, 7) is 0. The van der Waals surface area contributed by atoms with Gasteiger partial charge in [-0.05, 0) is 32.1 Å². The third-order valence-electron chi connectivity index (χ3n) is 3.77. The van der Waals surface area contributed by atoms with Gasteiger partial charge in [-0.1, -0.05) is 18.2 Å². The van der Waals surface area contributed by atoms with Crippen LogP contribution < -0.4 is 5.32 Å². The first-order chi connectivity index (χ1) is 6.45. The summed E-state index contributed by atoms with van der Waals surface area (Å²) in [6, 6.07) is 0.763. The third kappa shape index (κ3) is 1.13. The van der Waals surface area contributed by atoms with Gasteiger partial charge in [-0.3, -0.25) is 0 Å². The van der Waals surface area contributed by atoms with Crippen molar-refractivity contribution in [3.8, 4) is 0 Å². The van der Waals surface area contributed by atoms with Crippen LogP contribution in [0.1, 0.15) is 32.1 Å². The molecule has 0 aromatic heterocycles. The van der Waals surface area contributed by atoms with Crippen LogP contribution in [-0.2, 0) is 0 Å². The molecule has 2 aliphatic carbocycles. The van der Waals surface area contributed by atoms with E-state index >= 15 is 0 Å². The van der Waals surface area contributed by atoms with Crippen LogP contribution in [0.3, 0.4) is 0 Å². The van der Waals surface area contributed by atoms with Crippen molar-refractivity contribution >= 4 is 0 Å². The second kappa shape index (κ2) is 2.90. The van der Waals surface area contributed by atoms with Crippen LogP contribution in [0.15, 0.2) is 23.9 Å². The highest BCUT2D eigenvalue weighted by Crippen LogP contribution is 2.41. The van der Waals surface area contributed by atoms with E-state index in [0.717, 1.165) is 17.9 Å². The molecular formula is C12H17N. The van der Waals surface area contributed by atoms with E-state index in [0.29, 0.717) is 0 Å². The summed E-state index contributed by atoms with van der Waals surface area (Å²) < 4.78 is 0. The van der Waals surface area contributed by atoms with Crippen molar-refractivity contribution in [3.05, 3.63) is 23.9 Å². The van der Waals surface area contributed by atoms with Crippen molar-refractivity contribution in [1.29, 1.82) is 0 Å². The lowest BCUT2D eigenvalue weighted by molar-refractivity contribution is 0.386. The highest BCUT2D eigenvalue weighted by molar-refractivity contribution is 5.22. The van der Waals surface area contributed by atoms with Crippen molar-refractivity contribution < 1.29 is 0 Å². The molecule has 1 fully saturated rings. The Kier molecular flexibility index (Phi) is 1.71. The molecule has 3 atom stereocenters. The largest absolute Gasteiger partial charge is 0.385 e. The van der Waals surface area contributed by atoms with E-state index in [1.807, 2.05) is 0 Å². The lowest BCUT2D eigenvalue weighted by Gasteiger charge is -2.24. The lowest BCUT2D eigenvalue weighted by atomic mass is 9.79. The fourth-order valence-electron chi connectivity index (χ4n) is 3.12. The average Bonchev–Trinajstić information content (AvgIpc) is 2.56. The van der Waals surface area contributed by atoms with Gasteiger partial charge < -0.3 is 5.32 Å². The third-order valence-corrected chi connectivity index (χ3v) is 3.77. The predicted molar refractivity (Wildman–Crippen MR) is 54.2 cm³/mol. The van der Waals surface area contributed by atoms with E-state index in [-0.39, 0.29) is 0 Å². The SMILES string of the molecule is C1=CC2C(CC1)NC1=CCCCC12. The Morgan fingerprint density at radius 1 is 1.23 bits per heavy atom. The van der Waals surface area contributed by atoms with Crippen LogP contribution in [0.2, 0.25) is 0 Å². The van der Waals surface area contributed by atoms with Gasteiger partial charge in [0.1, 0.15) is 0 Å². The van der Waals surface area contributed by atoms with E-state index < -0.39 is 0 Å². The quantitative estimate of drug-likeness (QED) is 0.558. The van der Waals surface area contributed by atoms with Crippen LogP contribution in [0.25, 0.3) is 0 Å². The van der Waals surface area contributed by atoms with E-state index in [1.54, 1.807) is 5.70 Å². The zero-order chi connectivity index (χ0) is 8.67. The van der Waals surface area contributed by atoms with Crippen LogP contribution in [0, 0.1) is 11.8 Å². The van der Waals surface area contributed by atoms with E-state index in [9.17, 15) is 0 Å². The van der Waals surface area contributed by atoms with Gasteiger partial charge in [0.2, 0.25) is 0 Å². The molecule has 1 nitrogen and oxygen atoms in total. The first kappa shape index (κ1) is 7.66. The lowest BCUT2D eigenvalue weighted by Crippen LogP contribution is -2.27. The number of fused-ring (bicyclic) bond motifs is 3. The molecule has 3 rings (SSSR count). The molecule has 3 aliphatic rings. The Labute approximate surface area is 79.9 Å². The first-order valence-corrected chi connectivity index (χ1v) is 5.58. The summed E-state index contributed by atoms with van der Waals surface area (Å²) in [5.41, 5.74) is 1.56. The molecule has 1 N–H and O–H groups in total. The maximum atomic E-state index is 3.70. The van der Waals surface area contributed by atoms with Gasteiger partial charge in [0.25, 0.3) is 0 Å². The van der Waals surface area contributed by atoms with Gasteiger partial charge in [-0.15, -0.1) is 0 Å². The van der Waals surface area contributed by atoms with Crippen molar-refractivity contribution in [2.75, 3.05) is 0 Å². The Hall–Kier alpha value is -0.720. The fourth-order valence-corrected chi connectivity index (χ4v) is 3.12. The fraction of sp³-hybridized carbons (Fsp3) is 0.667. The molecule has 0 aromatic rings. The van der Waals surface area contributed by atoms with Gasteiger partial charge >= 0.3 is 0 Å².